The Balaban J connectivity index is 1.80. The quantitative estimate of drug-likeness (QED) is 0.909. The number of amidine groups is 1. The van der Waals surface area contributed by atoms with Gasteiger partial charge in [0.15, 0.2) is 5.17 Å². The average Bonchev–Trinajstić information content (AvgIpc) is 2.34. The van der Waals surface area contributed by atoms with Crippen LogP contribution in [0.2, 0.25) is 0 Å². The van der Waals surface area contributed by atoms with Crippen LogP contribution in [0, 0.1) is 11.2 Å². The number of benzene rings is 1. The van der Waals surface area contributed by atoms with Crippen LogP contribution in [0.4, 0.5) is 4.39 Å². The van der Waals surface area contributed by atoms with Crippen molar-refractivity contribution in [3.05, 3.63) is 35.6 Å². The maximum atomic E-state index is 13.4. The lowest BCUT2D eigenvalue weighted by atomic mass is 9.97. The van der Waals surface area contributed by atoms with Crippen molar-refractivity contribution in [3.8, 4) is 0 Å². The van der Waals surface area contributed by atoms with Crippen molar-refractivity contribution in [2.45, 2.75) is 20.3 Å². The number of hydrogen-bond donors (Lipinski definition) is 1. The van der Waals surface area contributed by atoms with Gasteiger partial charge in [0.2, 0.25) is 0 Å². The first-order valence-corrected chi connectivity index (χ1v) is 7.20. The van der Waals surface area contributed by atoms with Crippen LogP contribution < -0.4 is 5.32 Å². The normalized spacial score (nSPS) is 18.3. The van der Waals surface area contributed by atoms with Crippen molar-refractivity contribution >= 4 is 16.9 Å². The number of nitrogens with one attached hydrogen (secondary N) is 1. The van der Waals surface area contributed by atoms with E-state index >= 15 is 0 Å². The molecule has 0 spiro atoms. The molecule has 1 aromatic carbocycles. The third-order valence-corrected chi connectivity index (χ3v) is 4.35. The van der Waals surface area contributed by atoms with Crippen LogP contribution in [0.25, 0.3) is 0 Å². The first-order valence-electron chi connectivity index (χ1n) is 6.21. The molecule has 0 saturated heterocycles. The number of halogens is 1. The van der Waals surface area contributed by atoms with Crippen LogP contribution in [0.1, 0.15) is 19.4 Å². The zero-order valence-corrected chi connectivity index (χ0v) is 11.7. The minimum Gasteiger partial charge on any atom is -0.365 e. The van der Waals surface area contributed by atoms with Crippen molar-refractivity contribution in [3.63, 3.8) is 0 Å². The molecule has 4 heteroatoms. The van der Waals surface area contributed by atoms with Gasteiger partial charge in [0, 0.05) is 18.8 Å². The van der Waals surface area contributed by atoms with Crippen LogP contribution in [0.3, 0.4) is 0 Å². The van der Waals surface area contributed by atoms with Crippen molar-refractivity contribution in [1.29, 1.82) is 0 Å². The molecule has 0 atom stereocenters. The summed E-state index contributed by atoms with van der Waals surface area (Å²) in [6, 6.07) is 6.92. The molecule has 1 heterocycles. The van der Waals surface area contributed by atoms with E-state index in [9.17, 15) is 4.39 Å². The Morgan fingerprint density at radius 1 is 1.39 bits per heavy atom. The molecule has 98 valence electrons. The highest BCUT2D eigenvalue weighted by Gasteiger charge is 2.23. The highest BCUT2D eigenvalue weighted by Crippen LogP contribution is 2.26. The fourth-order valence-corrected chi connectivity index (χ4v) is 2.73. The van der Waals surface area contributed by atoms with E-state index in [1.54, 1.807) is 17.8 Å². The van der Waals surface area contributed by atoms with Crippen LogP contribution in [0.15, 0.2) is 29.3 Å². The highest BCUT2D eigenvalue weighted by molar-refractivity contribution is 8.13. The molecular weight excluding hydrogens is 247 g/mol. The molecule has 0 unspecified atom stereocenters. The fraction of sp³-hybridized carbons (Fsp3) is 0.500. The summed E-state index contributed by atoms with van der Waals surface area (Å²) in [5.74, 6) is 0.956. The second-order valence-corrected chi connectivity index (χ2v) is 6.31. The predicted molar refractivity (Wildman–Crippen MR) is 76.6 cm³/mol. The number of rotatable bonds is 3. The van der Waals surface area contributed by atoms with Gasteiger partial charge in [0.05, 0.1) is 0 Å². The minimum atomic E-state index is -0.126. The molecule has 0 radical (unpaired) electrons. The number of hydrogen-bond acceptors (Lipinski definition) is 3. The van der Waals surface area contributed by atoms with Gasteiger partial charge in [-0.3, -0.25) is 4.99 Å². The smallest absolute Gasteiger partial charge is 0.156 e. The molecule has 18 heavy (non-hydrogen) atoms. The van der Waals surface area contributed by atoms with Gasteiger partial charge in [0.25, 0.3) is 0 Å². The van der Waals surface area contributed by atoms with E-state index < -0.39 is 0 Å². The Bertz CT molecular complexity index is 443. The Labute approximate surface area is 112 Å². The van der Waals surface area contributed by atoms with Gasteiger partial charge in [-0.25, -0.2) is 4.39 Å². The molecule has 2 nitrogen and oxygen atoms in total. The third-order valence-electron chi connectivity index (χ3n) is 2.88. The zero-order chi connectivity index (χ0) is 13.0. The van der Waals surface area contributed by atoms with Crippen molar-refractivity contribution in [2.75, 3.05) is 18.8 Å². The maximum Gasteiger partial charge on any atom is 0.156 e. The summed E-state index contributed by atoms with van der Waals surface area (Å²) >= 11 is 1.75. The van der Waals surface area contributed by atoms with Crippen LogP contribution >= 0.6 is 11.8 Å². The molecule has 1 aliphatic heterocycles. The van der Waals surface area contributed by atoms with Crippen LogP contribution in [-0.2, 0) is 6.42 Å². The van der Waals surface area contributed by atoms with E-state index in [4.69, 9.17) is 0 Å². The summed E-state index contributed by atoms with van der Waals surface area (Å²) in [6.07, 6.45) is 0.690. The second kappa shape index (κ2) is 5.74. The molecular formula is C14H19FN2S. The largest absolute Gasteiger partial charge is 0.365 e. The van der Waals surface area contributed by atoms with E-state index in [0.29, 0.717) is 11.8 Å². The standard InChI is InChI=1S/C14H19FN2S/c1-14(2)9-17-13(18-10-14)16-8-7-11-5-3-4-6-12(11)15/h3-6H,7-10H2,1-2H3,(H,16,17). The molecule has 2 rings (SSSR count). The predicted octanol–water partition coefficient (Wildman–Crippen LogP) is 3.09. The molecule has 0 aromatic heterocycles. The van der Waals surface area contributed by atoms with E-state index in [0.717, 1.165) is 29.6 Å². The molecule has 0 bridgehead atoms. The monoisotopic (exact) mass is 266 g/mol. The SMILES string of the molecule is CC1(C)CN=C(NCCc2ccccc2F)SC1. The van der Waals surface area contributed by atoms with Gasteiger partial charge in [-0.15, -0.1) is 0 Å². The molecule has 1 aromatic rings. The van der Waals surface area contributed by atoms with Crippen molar-refractivity contribution in [2.24, 2.45) is 10.4 Å². The van der Waals surface area contributed by atoms with Gasteiger partial charge in [0.1, 0.15) is 5.82 Å². The molecule has 0 aliphatic carbocycles. The average molecular weight is 266 g/mol. The van der Waals surface area contributed by atoms with Crippen molar-refractivity contribution < 1.29 is 4.39 Å². The summed E-state index contributed by atoms with van der Waals surface area (Å²) in [7, 11) is 0. The second-order valence-electron chi connectivity index (χ2n) is 5.34. The van der Waals surface area contributed by atoms with Gasteiger partial charge in [-0.05, 0) is 23.5 Å². The Hall–Kier alpha value is -1.03. The van der Waals surface area contributed by atoms with E-state index in [-0.39, 0.29) is 5.82 Å². The van der Waals surface area contributed by atoms with Gasteiger partial charge in [-0.2, -0.15) is 0 Å². The van der Waals surface area contributed by atoms with Crippen LogP contribution in [0.5, 0.6) is 0 Å². The fourth-order valence-electron chi connectivity index (χ4n) is 1.75. The van der Waals surface area contributed by atoms with Gasteiger partial charge < -0.3 is 5.32 Å². The van der Waals surface area contributed by atoms with Crippen LogP contribution in [-0.4, -0.2) is 24.0 Å². The molecule has 0 saturated carbocycles. The number of nitrogens with zero attached hydrogens (tertiary/aromatic N) is 1. The number of thioether (sulfide) groups is 1. The number of aliphatic imine (C=N–C) groups is 1. The van der Waals surface area contributed by atoms with Gasteiger partial charge in [-0.1, -0.05) is 43.8 Å². The minimum absolute atomic E-state index is 0.126. The lowest BCUT2D eigenvalue weighted by Gasteiger charge is -2.27. The topological polar surface area (TPSA) is 24.4 Å². The molecule has 1 N–H and O–H groups in total. The summed E-state index contributed by atoms with van der Waals surface area (Å²) in [5.41, 5.74) is 1.05. The van der Waals surface area contributed by atoms with Crippen molar-refractivity contribution in [1.82, 2.24) is 5.32 Å². The highest BCUT2D eigenvalue weighted by atomic mass is 32.2. The first kappa shape index (κ1) is 13.4. The lowest BCUT2D eigenvalue weighted by molar-refractivity contribution is 0.436. The summed E-state index contributed by atoms with van der Waals surface area (Å²) in [6.45, 7) is 6.04. The third kappa shape index (κ3) is 3.73. The Kier molecular flexibility index (Phi) is 4.27. The Morgan fingerprint density at radius 2 is 2.17 bits per heavy atom. The summed E-state index contributed by atoms with van der Waals surface area (Å²) in [5, 5.41) is 4.27. The summed E-state index contributed by atoms with van der Waals surface area (Å²) < 4.78 is 13.4. The maximum absolute atomic E-state index is 13.4. The molecule has 1 aliphatic rings. The van der Waals surface area contributed by atoms with E-state index in [1.165, 1.54) is 6.07 Å². The molecule has 0 fully saturated rings. The Morgan fingerprint density at radius 3 is 2.83 bits per heavy atom. The zero-order valence-electron chi connectivity index (χ0n) is 10.9. The lowest BCUT2D eigenvalue weighted by Crippen LogP contribution is -2.32. The van der Waals surface area contributed by atoms with Gasteiger partial charge >= 0.3 is 0 Å². The van der Waals surface area contributed by atoms with E-state index in [1.807, 2.05) is 12.1 Å². The first-order chi connectivity index (χ1) is 8.57. The summed E-state index contributed by atoms with van der Waals surface area (Å²) in [4.78, 5) is 4.51. The van der Waals surface area contributed by atoms with E-state index in [2.05, 4.69) is 24.2 Å². The molecule has 0 amide bonds.